The van der Waals surface area contributed by atoms with Crippen LogP contribution in [-0.4, -0.2) is 32.4 Å². The highest BCUT2D eigenvalue weighted by atomic mass is 32.2. The van der Waals surface area contributed by atoms with Crippen molar-refractivity contribution >= 4 is 10.0 Å². The summed E-state index contributed by atoms with van der Waals surface area (Å²) >= 11 is 0. The Morgan fingerprint density at radius 3 is 2.80 bits per heavy atom. The third kappa shape index (κ3) is 2.75. The fourth-order valence-corrected chi connectivity index (χ4v) is 5.02. The number of nitrogens with zero attached hydrogens (tertiary/aromatic N) is 1. The van der Waals surface area contributed by atoms with Crippen LogP contribution in [-0.2, 0) is 16.6 Å². The van der Waals surface area contributed by atoms with Gasteiger partial charge in [0.15, 0.2) is 0 Å². The predicted molar refractivity (Wildman–Crippen MR) is 81.1 cm³/mol. The number of hydrogen-bond acceptors (Lipinski definition) is 3. The highest BCUT2D eigenvalue weighted by Gasteiger charge is 2.35. The van der Waals surface area contributed by atoms with E-state index in [0.717, 1.165) is 30.4 Å². The minimum atomic E-state index is -3.37. The lowest BCUT2D eigenvalue weighted by Gasteiger charge is -2.24. The van der Waals surface area contributed by atoms with Crippen LogP contribution in [0.2, 0.25) is 0 Å². The lowest BCUT2D eigenvalue weighted by molar-refractivity contribution is 0.379. The lowest BCUT2D eigenvalue weighted by atomic mass is 10.1. The molecule has 0 bridgehead atoms. The van der Waals surface area contributed by atoms with Crippen LogP contribution >= 0.6 is 0 Å². The normalized spacial score (nSPS) is 20.4. The molecule has 5 heteroatoms. The largest absolute Gasteiger partial charge is 0.316 e. The lowest BCUT2D eigenvalue weighted by Crippen LogP contribution is -2.35. The molecule has 0 aliphatic carbocycles. The molecule has 2 rings (SSSR count). The van der Waals surface area contributed by atoms with Crippen LogP contribution in [0.15, 0.2) is 23.1 Å². The average Bonchev–Trinajstić information content (AvgIpc) is 2.90. The molecular formula is C15H24N2O2S. The third-order valence-electron chi connectivity index (χ3n) is 4.14. The fraction of sp³-hybridized carbons (Fsp3) is 0.600. The fourth-order valence-electron chi connectivity index (χ4n) is 2.98. The molecule has 0 radical (unpaired) electrons. The summed E-state index contributed by atoms with van der Waals surface area (Å²) in [7, 11) is -1.50. The van der Waals surface area contributed by atoms with E-state index in [1.54, 1.807) is 10.4 Å². The second kappa shape index (κ2) is 6.24. The summed E-state index contributed by atoms with van der Waals surface area (Å²) in [6.07, 6.45) is 2.83. The van der Waals surface area contributed by atoms with E-state index in [9.17, 15) is 8.42 Å². The Morgan fingerprint density at radius 2 is 2.15 bits per heavy atom. The van der Waals surface area contributed by atoms with Gasteiger partial charge in [-0.05, 0) is 50.4 Å². The molecule has 1 fully saturated rings. The van der Waals surface area contributed by atoms with Crippen LogP contribution in [0.5, 0.6) is 0 Å². The summed E-state index contributed by atoms with van der Waals surface area (Å²) in [5.74, 6) is 0. The van der Waals surface area contributed by atoms with Gasteiger partial charge < -0.3 is 5.32 Å². The standard InChI is InChI=1S/C15H24N2O2S/c1-4-14-8-6-10-17(14)20(18,19)15-9-5-7-13(11-16-3)12(15)2/h5,7,9,14,16H,4,6,8,10-11H2,1-3H3. The molecule has 1 aliphatic heterocycles. The Hall–Kier alpha value is -0.910. The molecule has 0 amide bonds. The Labute approximate surface area is 122 Å². The van der Waals surface area contributed by atoms with Crippen molar-refractivity contribution < 1.29 is 8.42 Å². The minimum absolute atomic E-state index is 0.160. The van der Waals surface area contributed by atoms with Crippen molar-refractivity contribution in [3.63, 3.8) is 0 Å². The van der Waals surface area contributed by atoms with Crippen molar-refractivity contribution in [1.82, 2.24) is 9.62 Å². The smallest absolute Gasteiger partial charge is 0.243 e. The van der Waals surface area contributed by atoms with E-state index in [1.165, 1.54) is 0 Å². The Bertz CT molecular complexity index is 569. The average molecular weight is 296 g/mol. The van der Waals surface area contributed by atoms with Crippen LogP contribution in [0.4, 0.5) is 0 Å². The van der Waals surface area contributed by atoms with Gasteiger partial charge in [0.1, 0.15) is 0 Å². The Kier molecular flexibility index (Phi) is 4.83. The van der Waals surface area contributed by atoms with Crippen molar-refractivity contribution in [2.75, 3.05) is 13.6 Å². The van der Waals surface area contributed by atoms with Gasteiger partial charge >= 0.3 is 0 Å². The van der Waals surface area contributed by atoms with Gasteiger partial charge in [-0.2, -0.15) is 4.31 Å². The number of nitrogens with one attached hydrogen (secondary N) is 1. The van der Waals surface area contributed by atoms with Crippen LogP contribution in [0.1, 0.15) is 37.3 Å². The van der Waals surface area contributed by atoms with Crippen molar-refractivity contribution in [3.05, 3.63) is 29.3 Å². The highest BCUT2D eigenvalue weighted by Crippen LogP contribution is 2.30. The van der Waals surface area contributed by atoms with Crippen LogP contribution < -0.4 is 5.32 Å². The van der Waals surface area contributed by atoms with E-state index < -0.39 is 10.0 Å². The number of sulfonamides is 1. The maximum atomic E-state index is 12.9. The predicted octanol–water partition coefficient (Wildman–Crippen LogP) is 2.28. The molecule has 0 saturated carbocycles. The SMILES string of the molecule is CCC1CCCN1S(=O)(=O)c1cccc(CNC)c1C. The zero-order chi connectivity index (χ0) is 14.8. The van der Waals surface area contributed by atoms with Crippen molar-refractivity contribution in [2.24, 2.45) is 0 Å². The molecule has 20 heavy (non-hydrogen) atoms. The maximum absolute atomic E-state index is 12.9. The maximum Gasteiger partial charge on any atom is 0.243 e. The highest BCUT2D eigenvalue weighted by molar-refractivity contribution is 7.89. The molecule has 0 spiro atoms. The summed E-state index contributed by atoms with van der Waals surface area (Å²) in [6.45, 7) is 5.29. The number of hydrogen-bond donors (Lipinski definition) is 1. The minimum Gasteiger partial charge on any atom is -0.316 e. The molecule has 1 aromatic rings. The topological polar surface area (TPSA) is 49.4 Å². The molecule has 1 heterocycles. The van der Waals surface area contributed by atoms with Gasteiger partial charge in [0.05, 0.1) is 4.90 Å². The number of rotatable bonds is 5. The zero-order valence-corrected chi connectivity index (χ0v) is 13.3. The van der Waals surface area contributed by atoms with E-state index in [2.05, 4.69) is 12.2 Å². The van der Waals surface area contributed by atoms with Crippen molar-refractivity contribution in [2.45, 2.75) is 50.6 Å². The van der Waals surface area contributed by atoms with Crippen molar-refractivity contribution in [1.29, 1.82) is 0 Å². The van der Waals surface area contributed by atoms with E-state index in [4.69, 9.17) is 0 Å². The Balaban J connectivity index is 2.42. The van der Waals surface area contributed by atoms with Gasteiger partial charge in [0.25, 0.3) is 0 Å². The summed E-state index contributed by atoms with van der Waals surface area (Å²) < 4.78 is 27.5. The van der Waals surface area contributed by atoms with E-state index >= 15 is 0 Å². The van der Waals surface area contributed by atoms with E-state index in [0.29, 0.717) is 18.0 Å². The summed E-state index contributed by atoms with van der Waals surface area (Å²) in [6, 6.07) is 5.71. The summed E-state index contributed by atoms with van der Waals surface area (Å²) in [4.78, 5) is 0.464. The molecule has 1 atom stereocenters. The first-order chi connectivity index (χ1) is 9.52. The van der Waals surface area contributed by atoms with Gasteiger partial charge in [0, 0.05) is 19.1 Å². The molecule has 1 unspecified atom stereocenters. The quantitative estimate of drug-likeness (QED) is 0.907. The van der Waals surface area contributed by atoms with Gasteiger partial charge in [-0.1, -0.05) is 19.1 Å². The second-order valence-electron chi connectivity index (χ2n) is 5.39. The van der Waals surface area contributed by atoms with Gasteiger partial charge in [-0.25, -0.2) is 8.42 Å². The molecule has 1 saturated heterocycles. The molecule has 1 aromatic carbocycles. The van der Waals surface area contributed by atoms with Gasteiger partial charge in [-0.3, -0.25) is 0 Å². The molecule has 1 N–H and O–H groups in total. The zero-order valence-electron chi connectivity index (χ0n) is 12.5. The first kappa shape index (κ1) is 15.5. The first-order valence-electron chi connectivity index (χ1n) is 7.27. The van der Waals surface area contributed by atoms with Crippen LogP contribution in [0.25, 0.3) is 0 Å². The van der Waals surface area contributed by atoms with E-state index in [-0.39, 0.29) is 6.04 Å². The molecular weight excluding hydrogens is 272 g/mol. The van der Waals surface area contributed by atoms with Gasteiger partial charge in [0.2, 0.25) is 10.0 Å². The number of benzene rings is 1. The molecule has 0 aromatic heterocycles. The summed E-state index contributed by atoms with van der Waals surface area (Å²) in [5.41, 5.74) is 1.91. The first-order valence-corrected chi connectivity index (χ1v) is 8.71. The molecule has 112 valence electrons. The second-order valence-corrected chi connectivity index (χ2v) is 7.25. The van der Waals surface area contributed by atoms with E-state index in [1.807, 2.05) is 26.1 Å². The summed E-state index contributed by atoms with van der Waals surface area (Å²) in [5, 5.41) is 3.08. The molecule has 4 nitrogen and oxygen atoms in total. The third-order valence-corrected chi connectivity index (χ3v) is 6.24. The van der Waals surface area contributed by atoms with Crippen LogP contribution in [0, 0.1) is 6.92 Å². The van der Waals surface area contributed by atoms with Gasteiger partial charge in [-0.15, -0.1) is 0 Å². The van der Waals surface area contributed by atoms with Crippen LogP contribution in [0.3, 0.4) is 0 Å². The molecule has 1 aliphatic rings. The Morgan fingerprint density at radius 1 is 1.40 bits per heavy atom. The van der Waals surface area contributed by atoms with Crippen molar-refractivity contribution in [3.8, 4) is 0 Å². The monoisotopic (exact) mass is 296 g/mol.